The average Bonchev–Trinajstić information content (AvgIpc) is 2.91. The minimum atomic E-state index is -2.50. The van der Waals surface area contributed by atoms with Gasteiger partial charge < -0.3 is 0 Å². The van der Waals surface area contributed by atoms with Crippen molar-refractivity contribution in [1.29, 1.82) is 0 Å². The van der Waals surface area contributed by atoms with Crippen LogP contribution in [0, 0.1) is 0 Å². The third kappa shape index (κ3) is 3.09. The van der Waals surface area contributed by atoms with E-state index >= 15 is 0 Å². The van der Waals surface area contributed by atoms with Gasteiger partial charge in [-0.2, -0.15) is 5.10 Å². The molecule has 0 aliphatic rings. The summed E-state index contributed by atoms with van der Waals surface area (Å²) in [5.74, 6) is 0. The minimum absolute atomic E-state index is 0.0799. The number of rotatable bonds is 4. The van der Waals surface area contributed by atoms with E-state index in [2.05, 4.69) is 20.1 Å². The van der Waals surface area contributed by atoms with Crippen molar-refractivity contribution in [3.63, 3.8) is 0 Å². The van der Waals surface area contributed by atoms with Crippen molar-refractivity contribution in [2.45, 2.75) is 13.0 Å². The lowest BCUT2D eigenvalue weighted by molar-refractivity contribution is 0.122. The quantitative estimate of drug-likeness (QED) is 0.692. The van der Waals surface area contributed by atoms with Crippen LogP contribution < -0.4 is 0 Å². The van der Waals surface area contributed by atoms with E-state index in [0.717, 1.165) is 0 Å². The second-order valence-electron chi connectivity index (χ2n) is 4.46. The second-order valence-corrected chi connectivity index (χ2v) is 4.80. The molecule has 3 aromatic heterocycles. The van der Waals surface area contributed by atoms with Crippen LogP contribution in [0.2, 0.25) is 5.28 Å². The van der Waals surface area contributed by atoms with Crippen LogP contribution in [0.5, 0.6) is 0 Å². The zero-order valence-corrected chi connectivity index (χ0v) is 12.0. The van der Waals surface area contributed by atoms with Crippen molar-refractivity contribution in [2.24, 2.45) is 0 Å². The van der Waals surface area contributed by atoms with Gasteiger partial charge in [0.25, 0.3) is 6.43 Å². The minimum Gasteiger partial charge on any atom is -0.266 e. The SMILES string of the molecule is FC(F)Cn1cc(-c2ccnc(Cl)n2)c(-c2cccnc2)n1. The molecule has 112 valence electrons. The summed E-state index contributed by atoms with van der Waals surface area (Å²) < 4.78 is 26.4. The molecule has 0 aromatic carbocycles. The maximum Gasteiger partial charge on any atom is 0.257 e. The van der Waals surface area contributed by atoms with Crippen molar-refractivity contribution in [1.82, 2.24) is 24.7 Å². The summed E-state index contributed by atoms with van der Waals surface area (Å²) in [5.41, 5.74) is 2.33. The van der Waals surface area contributed by atoms with Crippen LogP contribution >= 0.6 is 11.6 Å². The molecule has 0 bridgehead atoms. The molecule has 0 fully saturated rings. The van der Waals surface area contributed by atoms with E-state index in [4.69, 9.17) is 11.6 Å². The maximum absolute atomic E-state index is 12.6. The van der Waals surface area contributed by atoms with Crippen molar-refractivity contribution >= 4 is 11.6 Å². The molecule has 0 N–H and O–H groups in total. The molecule has 3 heterocycles. The predicted octanol–water partition coefficient (Wildman–Crippen LogP) is 3.32. The van der Waals surface area contributed by atoms with Crippen molar-refractivity contribution in [3.05, 3.63) is 48.3 Å². The topological polar surface area (TPSA) is 56.5 Å². The van der Waals surface area contributed by atoms with Gasteiger partial charge in [0.2, 0.25) is 5.28 Å². The first-order chi connectivity index (χ1) is 10.6. The third-order valence-corrected chi connectivity index (χ3v) is 3.11. The fourth-order valence-electron chi connectivity index (χ4n) is 2.04. The Morgan fingerprint density at radius 2 is 2.09 bits per heavy atom. The lowest BCUT2D eigenvalue weighted by Gasteiger charge is -2.01. The van der Waals surface area contributed by atoms with Crippen LogP contribution in [0.25, 0.3) is 22.5 Å². The summed E-state index contributed by atoms with van der Waals surface area (Å²) in [6.45, 7) is -0.494. The van der Waals surface area contributed by atoms with Crippen LogP contribution in [0.3, 0.4) is 0 Å². The molecule has 3 rings (SSSR count). The first-order valence-corrected chi connectivity index (χ1v) is 6.76. The predicted molar refractivity (Wildman–Crippen MR) is 77.5 cm³/mol. The van der Waals surface area contributed by atoms with E-state index in [1.54, 1.807) is 30.6 Å². The molecule has 0 saturated carbocycles. The molecule has 0 saturated heterocycles. The highest BCUT2D eigenvalue weighted by molar-refractivity contribution is 6.28. The van der Waals surface area contributed by atoms with E-state index in [1.807, 2.05) is 0 Å². The molecular weight excluding hydrogens is 312 g/mol. The number of hydrogen-bond acceptors (Lipinski definition) is 4. The van der Waals surface area contributed by atoms with Gasteiger partial charge in [-0.3, -0.25) is 9.67 Å². The molecule has 0 unspecified atom stereocenters. The molecule has 0 amide bonds. The van der Waals surface area contributed by atoms with E-state index < -0.39 is 13.0 Å². The smallest absolute Gasteiger partial charge is 0.257 e. The number of pyridine rings is 1. The average molecular weight is 322 g/mol. The summed E-state index contributed by atoms with van der Waals surface area (Å²) >= 11 is 5.80. The molecule has 0 aliphatic carbocycles. The largest absolute Gasteiger partial charge is 0.266 e. The van der Waals surface area contributed by atoms with Crippen LogP contribution in [0.1, 0.15) is 0 Å². The summed E-state index contributed by atoms with van der Waals surface area (Å²) in [6.07, 6.45) is 3.76. The Labute approximate surface area is 129 Å². The first-order valence-electron chi connectivity index (χ1n) is 6.38. The molecule has 22 heavy (non-hydrogen) atoms. The molecule has 0 radical (unpaired) electrons. The van der Waals surface area contributed by atoms with Gasteiger partial charge in [0.05, 0.1) is 5.69 Å². The van der Waals surface area contributed by atoms with Gasteiger partial charge in [-0.25, -0.2) is 18.7 Å². The lowest BCUT2D eigenvalue weighted by Crippen LogP contribution is -2.06. The van der Waals surface area contributed by atoms with Gasteiger partial charge >= 0.3 is 0 Å². The van der Waals surface area contributed by atoms with Crippen LogP contribution in [0.15, 0.2) is 43.0 Å². The Kier molecular flexibility index (Phi) is 4.06. The zero-order valence-electron chi connectivity index (χ0n) is 11.2. The fraction of sp³-hybridized carbons (Fsp3) is 0.143. The monoisotopic (exact) mass is 321 g/mol. The highest BCUT2D eigenvalue weighted by Gasteiger charge is 2.16. The highest BCUT2D eigenvalue weighted by atomic mass is 35.5. The van der Waals surface area contributed by atoms with Gasteiger partial charge in [0, 0.05) is 35.9 Å². The molecule has 0 aliphatic heterocycles. The number of aromatic nitrogens is 5. The van der Waals surface area contributed by atoms with Crippen LogP contribution in [0.4, 0.5) is 8.78 Å². The number of hydrogen-bond donors (Lipinski definition) is 0. The summed E-state index contributed by atoms with van der Waals surface area (Å²) in [4.78, 5) is 12.0. The van der Waals surface area contributed by atoms with E-state index in [-0.39, 0.29) is 5.28 Å². The van der Waals surface area contributed by atoms with Crippen molar-refractivity contribution in [2.75, 3.05) is 0 Å². The van der Waals surface area contributed by atoms with E-state index in [1.165, 1.54) is 17.1 Å². The summed E-state index contributed by atoms with van der Waals surface area (Å²) in [7, 11) is 0. The first kappa shape index (κ1) is 14.5. The normalized spacial score (nSPS) is 11.1. The van der Waals surface area contributed by atoms with Crippen molar-refractivity contribution < 1.29 is 8.78 Å². The number of nitrogens with zero attached hydrogens (tertiary/aromatic N) is 5. The van der Waals surface area contributed by atoms with E-state index in [9.17, 15) is 8.78 Å². The lowest BCUT2D eigenvalue weighted by atomic mass is 10.1. The van der Waals surface area contributed by atoms with Gasteiger partial charge in [0.1, 0.15) is 12.2 Å². The molecule has 0 atom stereocenters. The number of halogens is 3. The van der Waals surface area contributed by atoms with Crippen LogP contribution in [-0.4, -0.2) is 31.2 Å². The Balaban J connectivity index is 2.13. The maximum atomic E-state index is 12.6. The molecule has 5 nitrogen and oxygen atoms in total. The summed E-state index contributed by atoms with van der Waals surface area (Å²) in [5, 5.41) is 4.30. The molecule has 8 heteroatoms. The standard InChI is InChI=1S/C14H10ClF2N5/c15-14-19-5-3-11(20-14)10-7-22(8-12(16)17)21-13(10)9-2-1-4-18-6-9/h1-7,12H,8H2. The fourth-order valence-corrected chi connectivity index (χ4v) is 2.19. The third-order valence-electron chi connectivity index (χ3n) is 2.92. The van der Waals surface area contributed by atoms with Gasteiger partial charge in [-0.15, -0.1) is 0 Å². The van der Waals surface area contributed by atoms with E-state index in [0.29, 0.717) is 22.5 Å². The molecule has 0 spiro atoms. The molecule has 3 aromatic rings. The number of alkyl halides is 2. The van der Waals surface area contributed by atoms with Gasteiger partial charge in [-0.05, 0) is 29.8 Å². The second kappa shape index (κ2) is 6.15. The zero-order chi connectivity index (χ0) is 15.5. The van der Waals surface area contributed by atoms with Crippen LogP contribution in [-0.2, 0) is 6.54 Å². The van der Waals surface area contributed by atoms with Gasteiger partial charge in [-0.1, -0.05) is 0 Å². The molecular formula is C14H10ClF2N5. The Morgan fingerprint density at radius 1 is 1.23 bits per heavy atom. The summed E-state index contributed by atoms with van der Waals surface area (Å²) in [6, 6.07) is 5.20. The van der Waals surface area contributed by atoms with Crippen molar-refractivity contribution in [3.8, 4) is 22.5 Å². The Bertz CT molecular complexity index is 776. The Hall–Kier alpha value is -2.41. The van der Waals surface area contributed by atoms with Gasteiger partial charge in [0.15, 0.2) is 0 Å². The highest BCUT2D eigenvalue weighted by Crippen LogP contribution is 2.29. The Morgan fingerprint density at radius 3 is 2.77 bits per heavy atom.